The van der Waals surface area contributed by atoms with Gasteiger partial charge in [-0.25, -0.2) is 0 Å². The number of aliphatic hydroxyl groups is 2. The Balaban J connectivity index is 2.24. The van der Waals surface area contributed by atoms with E-state index >= 15 is 0 Å². The molecule has 3 N–H and O–H groups in total. The first kappa shape index (κ1) is 12.2. The number of aliphatic hydroxyl groups excluding tert-OH is 2. The van der Waals surface area contributed by atoms with E-state index in [0.29, 0.717) is 11.1 Å². The summed E-state index contributed by atoms with van der Waals surface area (Å²) in [7, 11) is 5.34. The molecule has 2 atom stereocenters. The van der Waals surface area contributed by atoms with Gasteiger partial charge in [-0.05, 0) is 24.1 Å². The predicted molar refractivity (Wildman–Crippen MR) is 65.8 cm³/mol. The van der Waals surface area contributed by atoms with Crippen LogP contribution in [-0.4, -0.2) is 37.2 Å². The van der Waals surface area contributed by atoms with Gasteiger partial charge in [0.1, 0.15) is 5.58 Å². The third kappa shape index (κ3) is 2.52. The molecule has 0 amide bonds. The van der Waals surface area contributed by atoms with Crippen molar-refractivity contribution in [2.75, 3.05) is 13.1 Å². The first-order valence-electron chi connectivity index (χ1n) is 5.46. The van der Waals surface area contributed by atoms with E-state index in [1.165, 1.54) is 0 Å². The summed E-state index contributed by atoms with van der Waals surface area (Å²) in [6, 6.07) is 6.82. The summed E-state index contributed by atoms with van der Waals surface area (Å²) < 4.78 is 5.26. The lowest BCUT2D eigenvalue weighted by molar-refractivity contribution is 0.0931. The van der Waals surface area contributed by atoms with Gasteiger partial charge in [-0.15, -0.1) is 0 Å². The van der Waals surface area contributed by atoms with Crippen LogP contribution in [0.25, 0.3) is 11.0 Å². The summed E-state index contributed by atoms with van der Waals surface area (Å²) in [4.78, 5) is 0. The van der Waals surface area contributed by atoms with Gasteiger partial charge >= 0.3 is 0 Å². The Morgan fingerprint density at radius 3 is 2.88 bits per heavy atom. The fraction of sp³-hybridized carbons (Fsp3) is 0.333. The van der Waals surface area contributed by atoms with Crippen molar-refractivity contribution in [3.63, 3.8) is 0 Å². The normalized spacial score (nSPS) is 14.9. The monoisotopic (exact) mass is 231 g/mol. The summed E-state index contributed by atoms with van der Waals surface area (Å²) in [6.07, 6.45) is 0.978. The number of furan rings is 1. The molecular weight excluding hydrogens is 217 g/mol. The molecule has 1 aromatic heterocycles. The lowest BCUT2D eigenvalue weighted by Crippen LogP contribution is -2.38. The Morgan fingerprint density at radius 1 is 1.35 bits per heavy atom. The second kappa shape index (κ2) is 5.36. The van der Waals surface area contributed by atoms with Crippen molar-refractivity contribution in [2.45, 2.75) is 12.1 Å². The van der Waals surface area contributed by atoms with Crippen LogP contribution in [0.2, 0.25) is 0 Å². The van der Waals surface area contributed by atoms with Crippen molar-refractivity contribution in [2.24, 2.45) is 0 Å². The van der Waals surface area contributed by atoms with Gasteiger partial charge in [0.25, 0.3) is 0 Å². The van der Waals surface area contributed by atoms with E-state index in [-0.39, 0.29) is 13.1 Å². The Morgan fingerprint density at radius 2 is 2.18 bits per heavy atom. The average molecular weight is 231 g/mol. The third-order valence-corrected chi connectivity index (χ3v) is 2.78. The smallest absolute Gasteiger partial charge is 0.134 e. The zero-order chi connectivity index (χ0) is 12.3. The summed E-state index contributed by atoms with van der Waals surface area (Å²) in [6.45, 7) is -0.186. The van der Waals surface area contributed by atoms with Crippen LogP contribution in [0.3, 0.4) is 0 Å². The molecule has 0 aliphatic rings. The van der Waals surface area contributed by atoms with Gasteiger partial charge in [0.15, 0.2) is 0 Å². The highest BCUT2D eigenvalue weighted by atomic mass is 16.3. The second-order valence-electron chi connectivity index (χ2n) is 3.86. The first-order valence-corrected chi connectivity index (χ1v) is 5.46. The largest absolute Gasteiger partial charge is 0.464 e. The average Bonchev–Trinajstić information content (AvgIpc) is 2.82. The van der Waals surface area contributed by atoms with Crippen LogP contribution in [0.4, 0.5) is 0 Å². The highest BCUT2D eigenvalue weighted by molar-refractivity contribution is 6.08. The van der Waals surface area contributed by atoms with E-state index < -0.39 is 12.1 Å². The Hall–Kier alpha value is -1.30. The number of rotatable bonds is 5. The number of fused-ring (bicyclic) bond motifs is 1. The van der Waals surface area contributed by atoms with Crippen LogP contribution in [0.1, 0.15) is 11.7 Å². The summed E-state index contributed by atoms with van der Waals surface area (Å²) in [5.41, 5.74) is 1.40. The quantitative estimate of drug-likeness (QED) is 0.657. The van der Waals surface area contributed by atoms with Crippen LogP contribution in [0.5, 0.6) is 0 Å². The minimum absolute atomic E-state index is 0.186. The second-order valence-corrected chi connectivity index (χ2v) is 3.86. The molecule has 0 aliphatic carbocycles. The summed E-state index contributed by atoms with van der Waals surface area (Å²) in [5, 5.41) is 23.0. The fourth-order valence-electron chi connectivity index (χ4n) is 1.82. The number of hydrogen-bond donors (Lipinski definition) is 3. The molecule has 0 bridgehead atoms. The minimum Gasteiger partial charge on any atom is -0.464 e. The Bertz CT molecular complexity index is 485. The van der Waals surface area contributed by atoms with Gasteiger partial charge in [-0.3, -0.25) is 0 Å². The van der Waals surface area contributed by atoms with Crippen LogP contribution in [0, 0.1) is 0 Å². The molecule has 4 nitrogen and oxygen atoms in total. The van der Waals surface area contributed by atoms with Gasteiger partial charge in [-0.2, -0.15) is 0 Å². The first-order chi connectivity index (χ1) is 8.26. The molecular formula is C12H14BNO3. The minimum atomic E-state index is -0.821. The van der Waals surface area contributed by atoms with Gasteiger partial charge in [0.2, 0.25) is 0 Å². The van der Waals surface area contributed by atoms with Gasteiger partial charge in [-0.1, -0.05) is 12.1 Å². The molecule has 0 saturated carbocycles. The SMILES string of the molecule is [B]CNC(CO)C(O)c1ccc2ccoc2c1. The van der Waals surface area contributed by atoms with Crippen molar-refractivity contribution < 1.29 is 14.6 Å². The standard InChI is InChI=1S/C12H14BNO3/c13-7-14-10(6-15)12(16)9-2-1-8-3-4-17-11(8)5-9/h1-5,10,12,14-16H,6-7H2. The van der Waals surface area contributed by atoms with Crippen LogP contribution in [-0.2, 0) is 0 Å². The Labute approximate surface area is 101 Å². The van der Waals surface area contributed by atoms with Crippen molar-refractivity contribution >= 4 is 18.8 Å². The molecule has 0 saturated heterocycles. The maximum absolute atomic E-state index is 10.1. The van der Waals surface area contributed by atoms with Gasteiger partial charge in [0.05, 0.1) is 32.9 Å². The zero-order valence-corrected chi connectivity index (χ0v) is 9.34. The van der Waals surface area contributed by atoms with E-state index in [4.69, 9.17) is 17.4 Å². The fourth-order valence-corrected chi connectivity index (χ4v) is 1.82. The van der Waals surface area contributed by atoms with Crippen molar-refractivity contribution in [1.29, 1.82) is 0 Å². The molecule has 5 heteroatoms. The molecule has 0 aliphatic heterocycles. The molecule has 2 unspecified atom stereocenters. The third-order valence-electron chi connectivity index (χ3n) is 2.78. The number of benzene rings is 1. The molecule has 88 valence electrons. The van der Waals surface area contributed by atoms with Crippen LogP contribution < -0.4 is 5.32 Å². The lowest BCUT2D eigenvalue weighted by atomic mass is 10.0. The summed E-state index contributed by atoms with van der Waals surface area (Å²) >= 11 is 0. The van der Waals surface area contributed by atoms with E-state index in [2.05, 4.69) is 5.32 Å². The molecule has 1 aromatic carbocycles. The number of hydrogen-bond acceptors (Lipinski definition) is 4. The maximum atomic E-state index is 10.1. The van der Waals surface area contributed by atoms with Gasteiger partial charge < -0.3 is 19.9 Å². The van der Waals surface area contributed by atoms with E-state index in [1.54, 1.807) is 12.3 Å². The molecule has 0 spiro atoms. The van der Waals surface area contributed by atoms with E-state index in [1.807, 2.05) is 18.2 Å². The maximum Gasteiger partial charge on any atom is 0.134 e. The van der Waals surface area contributed by atoms with Crippen molar-refractivity contribution in [3.05, 3.63) is 36.1 Å². The van der Waals surface area contributed by atoms with Gasteiger partial charge in [0, 0.05) is 5.39 Å². The van der Waals surface area contributed by atoms with E-state index in [0.717, 1.165) is 5.39 Å². The zero-order valence-electron chi connectivity index (χ0n) is 9.34. The van der Waals surface area contributed by atoms with E-state index in [9.17, 15) is 5.11 Å². The van der Waals surface area contributed by atoms with Crippen molar-refractivity contribution in [1.82, 2.24) is 5.32 Å². The highest BCUT2D eigenvalue weighted by Crippen LogP contribution is 2.23. The molecule has 1 heterocycles. The van der Waals surface area contributed by atoms with Crippen LogP contribution >= 0.6 is 0 Å². The summed E-state index contributed by atoms with van der Waals surface area (Å²) in [5.74, 6) is 0. The molecule has 0 fully saturated rings. The molecule has 17 heavy (non-hydrogen) atoms. The van der Waals surface area contributed by atoms with Crippen molar-refractivity contribution in [3.8, 4) is 0 Å². The number of nitrogens with one attached hydrogen (secondary N) is 1. The molecule has 2 rings (SSSR count). The topological polar surface area (TPSA) is 65.6 Å². The van der Waals surface area contributed by atoms with Crippen LogP contribution in [0.15, 0.2) is 34.9 Å². The molecule has 2 aromatic rings. The predicted octanol–water partition coefficient (Wildman–Crippen LogP) is 0.543. The Kier molecular flexibility index (Phi) is 3.84. The molecule has 2 radical (unpaired) electrons. The highest BCUT2D eigenvalue weighted by Gasteiger charge is 2.19. The lowest BCUT2D eigenvalue weighted by Gasteiger charge is -2.22.